The molecule has 0 aliphatic heterocycles. The SMILES string of the molecule is O=C(CCc1nc(-c2ccncc2)no1)NCCOc1cccc2ccccc12. The maximum Gasteiger partial charge on any atom is 0.227 e. The molecule has 0 fully saturated rings. The molecule has 0 saturated heterocycles. The van der Waals surface area contributed by atoms with Gasteiger partial charge >= 0.3 is 0 Å². The second kappa shape index (κ2) is 8.97. The third kappa shape index (κ3) is 4.76. The number of rotatable bonds is 8. The molecule has 0 spiro atoms. The van der Waals surface area contributed by atoms with Crippen molar-refractivity contribution in [2.24, 2.45) is 0 Å². The molecule has 0 aliphatic carbocycles. The molecular weight excluding hydrogens is 368 g/mol. The molecule has 146 valence electrons. The number of carbonyl (C=O) groups excluding carboxylic acids is 1. The monoisotopic (exact) mass is 388 g/mol. The average molecular weight is 388 g/mol. The van der Waals surface area contributed by atoms with E-state index in [-0.39, 0.29) is 12.3 Å². The number of ether oxygens (including phenoxy) is 1. The average Bonchev–Trinajstić information content (AvgIpc) is 3.25. The van der Waals surface area contributed by atoms with Crippen molar-refractivity contribution in [2.75, 3.05) is 13.2 Å². The lowest BCUT2D eigenvalue weighted by atomic mass is 10.1. The second-order valence-electron chi connectivity index (χ2n) is 6.42. The minimum Gasteiger partial charge on any atom is -0.491 e. The molecule has 0 aliphatic rings. The third-order valence-corrected chi connectivity index (χ3v) is 4.40. The largest absolute Gasteiger partial charge is 0.491 e. The van der Waals surface area contributed by atoms with Gasteiger partial charge in [-0.15, -0.1) is 0 Å². The van der Waals surface area contributed by atoms with Gasteiger partial charge in [0, 0.05) is 36.2 Å². The van der Waals surface area contributed by atoms with E-state index in [2.05, 4.69) is 20.4 Å². The van der Waals surface area contributed by atoms with Crippen molar-refractivity contribution in [3.8, 4) is 17.1 Å². The Hall–Kier alpha value is -3.74. The maximum atomic E-state index is 12.1. The van der Waals surface area contributed by atoms with Crippen molar-refractivity contribution >= 4 is 16.7 Å². The molecule has 7 heteroatoms. The van der Waals surface area contributed by atoms with Gasteiger partial charge in [0.1, 0.15) is 12.4 Å². The van der Waals surface area contributed by atoms with Gasteiger partial charge < -0.3 is 14.6 Å². The van der Waals surface area contributed by atoms with Gasteiger partial charge in [-0.1, -0.05) is 41.6 Å². The van der Waals surface area contributed by atoms with Crippen LogP contribution in [-0.2, 0) is 11.2 Å². The normalized spacial score (nSPS) is 10.8. The van der Waals surface area contributed by atoms with Crippen LogP contribution in [0.2, 0.25) is 0 Å². The van der Waals surface area contributed by atoms with Crippen molar-refractivity contribution in [1.29, 1.82) is 0 Å². The zero-order valence-corrected chi connectivity index (χ0v) is 15.7. The van der Waals surface area contributed by atoms with Gasteiger partial charge in [-0.05, 0) is 23.6 Å². The molecule has 0 bridgehead atoms. The molecule has 7 nitrogen and oxygen atoms in total. The fourth-order valence-corrected chi connectivity index (χ4v) is 2.96. The van der Waals surface area contributed by atoms with Crippen LogP contribution in [0.3, 0.4) is 0 Å². The Bertz CT molecular complexity index is 1090. The summed E-state index contributed by atoms with van der Waals surface area (Å²) >= 11 is 0. The van der Waals surface area contributed by atoms with Crippen LogP contribution in [0.15, 0.2) is 71.5 Å². The summed E-state index contributed by atoms with van der Waals surface area (Å²) in [4.78, 5) is 20.3. The number of carbonyl (C=O) groups is 1. The number of nitrogens with zero attached hydrogens (tertiary/aromatic N) is 3. The van der Waals surface area contributed by atoms with E-state index in [0.29, 0.717) is 31.3 Å². The predicted octanol–water partition coefficient (Wildman–Crippen LogP) is 3.41. The number of hydrogen-bond acceptors (Lipinski definition) is 6. The first-order valence-corrected chi connectivity index (χ1v) is 9.40. The number of aryl methyl sites for hydroxylation is 1. The minimum atomic E-state index is -0.0878. The fourth-order valence-electron chi connectivity index (χ4n) is 2.96. The van der Waals surface area contributed by atoms with E-state index >= 15 is 0 Å². The summed E-state index contributed by atoms with van der Waals surface area (Å²) in [5, 5.41) is 8.96. The van der Waals surface area contributed by atoms with Crippen molar-refractivity contribution in [1.82, 2.24) is 20.4 Å². The summed E-state index contributed by atoms with van der Waals surface area (Å²) in [7, 11) is 0. The molecule has 4 rings (SSSR count). The van der Waals surface area contributed by atoms with E-state index in [0.717, 1.165) is 22.1 Å². The van der Waals surface area contributed by atoms with Crippen molar-refractivity contribution in [3.05, 3.63) is 72.9 Å². The van der Waals surface area contributed by atoms with Crippen molar-refractivity contribution < 1.29 is 14.1 Å². The van der Waals surface area contributed by atoms with Crippen LogP contribution in [0, 0.1) is 0 Å². The summed E-state index contributed by atoms with van der Waals surface area (Å²) < 4.78 is 11.0. The number of aromatic nitrogens is 3. The molecule has 2 aromatic heterocycles. The fraction of sp³-hybridized carbons (Fsp3) is 0.182. The first-order chi connectivity index (χ1) is 14.3. The van der Waals surface area contributed by atoms with Crippen molar-refractivity contribution in [3.63, 3.8) is 0 Å². The van der Waals surface area contributed by atoms with Crippen LogP contribution in [0.5, 0.6) is 5.75 Å². The molecular formula is C22H20N4O3. The topological polar surface area (TPSA) is 90.1 Å². The summed E-state index contributed by atoms with van der Waals surface area (Å²) in [6.07, 6.45) is 3.98. The molecule has 4 aromatic rings. The van der Waals surface area contributed by atoms with E-state index in [1.54, 1.807) is 24.5 Å². The van der Waals surface area contributed by atoms with E-state index in [1.165, 1.54) is 0 Å². The van der Waals surface area contributed by atoms with Gasteiger partial charge in [0.2, 0.25) is 17.6 Å². The lowest BCUT2D eigenvalue weighted by Crippen LogP contribution is -2.28. The van der Waals surface area contributed by atoms with Crippen LogP contribution in [0.4, 0.5) is 0 Å². The van der Waals surface area contributed by atoms with Gasteiger partial charge in [-0.3, -0.25) is 9.78 Å². The number of nitrogens with one attached hydrogen (secondary N) is 1. The van der Waals surface area contributed by atoms with E-state index in [1.807, 2.05) is 42.5 Å². The lowest BCUT2D eigenvalue weighted by molar-refractivity contribution is -0.121. The number of benzene rings is 2. The van der Waals surface area contributed by atoms with Crippen LogP contribution < -0.4 is 10.1 Å². The maximum absolute atomic E-state index is 12.1. The quantitative estimate of drug-likeness (QED) is 0.465. The van der Waals surface area contributed by atoms with Crippen molar-refractivity contribution in [2.45, 2.75) is 12.8 Å². The molecule has 1 N–H and O–H groups in total. The zero-order valence-electron chi connectivity index (χ0n) is 15.7. The second-order valence-corrected chi connectivity index (χ2v) is 6.42. The summed E-state index contributed by atoms with van der Waals surface area (Å²) in [5.74, 6) is 1.65. The van der Waals surface area contributed by atoms with Gasteiger partial charge in [0.15, 0.2) is 0 Å². The van der Waals surface area contributed by atoms with E-state index in [9.17, 15) is 4.79 Å². The highest BCUT2D eigenvalue weighted by molar-refractivity contribution is 5.88. The Morgan fingerprint density at radius 3 is 2.76 bits per heavy atom. The molecule has 2 heterocycles. The Balaban J connectivity index is 1.21. The number of amides is 1. The molecule has 0 radical (unpaired) electrons. The van der Waals surface area contributed by atoms with Gasteiger partial charge in [-0.2, -0.15) is 4.98 Å². The standard InChI is InChI=1S/C22H20N4O3/c27-20(8-9-21-25-22(26-29-21)17-10-12-23-13-11-17)24-14-15-28-19-7-3-5-16-4-1-2-6-18(16)19/h1-7,10-13H,8-9,14-15H2,(H,24,27). The van der Waals surface area contributed by atoms with Crippen LogP contribution in [0.25, 0.3) is 22.2 Å². The molecule has 0 unspecified atom stereocenters. The van der Waals surface area contributed by atoms with Gasteiger partial charge in [-0.25, -0.2) is 0 Å². The molecule has 0 atom stereocenters. The molecule has 1 amide bonds. The van der Waals surface area contributed by atoms with Crippen LogP contribution >= 0.6 is 0 Å². The van der Waals surface area contributed by atoms with E-state index < -0.39 is 0 Å². The first-order valence-electron chi connectivity index (χ1n) is 9.40. The molecule has 0 saturated carbocycles. The van der Waals surface area contributed by atoms with Crippen LogP contribution in [-0.4, -0.2) is 34.2 Å². The summed E-state index contributed by atoms with van der Waals surface area (Å²) in [6, 6.07) is 17.6. The third-order valence-electron chi connectivity index (χ3n) is 4.40. The van der Waals surface area contributed by atoms with Gasteiger partial charge in [0.25, 0.3) is 0 Å². The Labute approximate surface area is 167 Å². The highest BCUT2D eigenvalue weighted by Crippen LogP contribution is 2.24. The highest BCUT2D eigenvalue weighted by atomic mass is 16.5. The zero-order chi connectivity index (χ0) is 19.9. The summed E-state index contributed by atoms with van der Waals surface area (Å²) in [5.41, 5.74) is 0.824. The first kappa shape index (κ1) is 18.6. The molecule has 2 aromatic carbocycles. The lowest BCUT2D eigenvalue weighted by Gasteiger charge is -2.10. The number of fused-ring (bicyclic) bond motifs is 1. The Kier molecular flexibility index (Phi) is 5.76. The summed E-state index contributed by atoms with van der Waals surface area (Å²) in [6.45, 7) is 0.820. The minimum absolute atomic E-state index is 0.0878. The van der Waals surface area contributed by atoms with Gasteiger partial charge in [0.05, 0.1) is 6.54 Å². The molecule has 29 heavy (non-hydrogen) atoms. The Morgan fingerprint density at radius 2 is 1.86 bits per heavy atom. The number of hydrogen-bond donors (Lipinski definition) is 1. The Morgan fingerprint density at radius 1 is 1.03 bits per heavy atom. The van der Waals surface area contributed by atoms with Crippen LogP contribution in [0.1, 0.15) is 12.3 Å². The highest BCUT2D eigenvalue weighted by Gasteiger charge is 2.10. The number of pyridine rings is 1. The smallest absolute Gasteiger partial charge is 0.227 e. The predicted molar refractivity (Wildman–Crippen MR) is 108 cm³/mol. The van der Waals surface area contributed by atoms with E-state index in [4.69, 9.17) is 9.26 Å².